The molecule has 0 aliphatic rings. The molecule has 0 fully saturated rings. The Labute approximate surface area is 212 Å². The van der Waals surface area contributed by atoms with E-state index in [1.165, 1.54) is 31.3 Å². The van der Waals surface area contributed by atoms with Crippen LogP contribution in [0.4, 0.5) is 5.69 Å². The van der Waals surface area contributed by atoms with Gasteiger partial charge in [-0.1, -0.05) is 30.7 Å². The van der Waals surface area contributed by atoms with Crippen LogP contribution in [0.2, 0.25) is 5.02 Å². The van der Waals surface area contributed by atoms with Crippen LogP contribution in [0, 0.1) is 0 Å². The number of halogens is 1. The van der Waals surface area contributed by atoms with Crippen LogP contribution in [0.3, 0.4) is 0 Å². The zero-order valence-corrected chi connectivity index (χ0v) is 22.1. The fourth-order valence-electron chi connectivity index (χ4n) is 3.40. The van der Waals surface area contributed by atoms with E-state index in [1.807, 2.05) is 6.92 Å². The number of methoxy groups -OCH3 is 2. The fourth-order valence-corrected chi connectivity index (χ4v) is 4.41. The Morgan fingerprint density at radius 1 is 1.11 bits per heavy atom. The van der Waals surface area contributed by atoms with E-state index in [0.717, 1.165) is 22.5 Å². The highest BCUT2D eigenvalue weighted by Gasteiger charge is 2.31. The number of nitrogens with one attached hydrogen (secondary N) is 1. The largest absolute Gasteiger partial charge is 0.497 e. The van der Waals surface area contributed by atoms with Gasteiger partial charge in [-0.05, 0) is 49.2 Å². The number of sulfonamides is 1. The van der Waals surface area contributed by atoms with Crippen LogP contribution in [-0.4, -0.2) is 64.7 Å². The molecule has 0 saturated heterocycles. The van der Waals surface area contributed by atoms with E-state index in [2.05, 4.69) is 5.32 Å². The van der Waals surface area contributed by atoms with Gasteiger partial charge < -0.3 is 19.7 Å². The zero-order chi connectivity index (χ0) is 26.2. The summed E-state index contributed by atoms with van der Waals surface area (Å²) in [6.07, 6.45) is 1.73. The van der Waals surface area contributed by atoms with Crippen molar-refractivity contribution in [3.63, 3.8) is 0 Å². The van der Waals surface area contributed by atoms with Crippen LogP contribution in [0.5, 0.6) is 11.5 Å². The predicted octanol–water partition coefficient (Wildman–Crippen LogP) is 3.07. The second kappa shape index (κ2) is 12.6. The summed E-state index contributed by atoms with van der Waals surface area (Å²) in [4.78, 5) is 27.7. The molecule has 1 atom stereocenters. The van der Waals surface area contributed by atoms with Crippen molar-refractivity contribution in [3.05, 3.63) is 53.1 Å². The van der Waals surface area contributed by atoms with Gasteiger partial charge >= 0.3 is 0 Å². The Balaban J connectivity index is 2.46. The third-order valence-corrected chi connectivity index (χ3v) is 6.65. The molecule has 0 spiro atoms. The maximum absolute atomic E-state index is 13.6. The SMILES string of the molecule is CCCNC(=O)C(C)N(Cc1cccc(OC)c1)C(=O)CN(c1cc(Cl)ccc1OC)S(C)(=O)=O. The second-order valence-corrected chi connectivity index (χ2v) is 10.3. The lowest BCUT2D eigenvalue weighted by Gasteiger charge is -2.32. The van der Waals surface area contributed by atoms with Crippen molar-refractivity contribution in [3.8, 4) is 11.5 Å². The first kappa shape index (κ1) is 28.3. The van der Waals surface area contributed by atoms with Crippen molar-refractivity contribution >= 4 is 39.1 Å². The van der Waals surface area contributed by atoms with Gasteiger partial charge in [0.1, 0.15) is 24.1 Å². The van der Waals surface area contributed by atoms with Gasteiger partial charge in [-0.2, -0.15) is 0 Å². The quantitative estimate of drug-likeness (QED) is 0.456. The van der Waals surface area contributed by atoms with Crippen LogP contribution in [0.25, 0.3) is 0 Å². The first-order valence-electron chi connectivity index (χ1n) is 11.0. The van der Waals surface area contributed by atoms with Crippen molar-refractivity contribution in [2.24, 2.45) is 0 Å². The first-order chi connectivity index (χ1) is 16.5. The molecule has 11 heteroatoms. The molecule has 35 heavy (non-hydrogen) atoms. The summed E-state index contributed by atoms with van der Waals surface area (Å²) in [6.45, 7) is 3.51. The van der Waals surface area contributed by atoms with Crippen molar-refractivity contribution < 1.29 is 27.5 Å². The van der Waals surface area contributed by atoms with Gasteiger partial charge in [0.2, 0.25) is 21.8 Å². The molecule has 0 aliphatic carbocycles. The van der Waals surface area contributed by atoms with Crippen molar-refractivity contribution in [1.82, 2.24) is 10.2 Å². The highest BCUT2D eigenvalue weighted by Crippen LogP contribution is 2.33. The lowest BCUT2D eigenvalue weighted by Crippen LogP contribution is -2.51. The molecular formula is C24H32ClN3O6S. The van der Waals surface area contributed by atoms with Gasteiger partial charge in [0.15, 0.2) is 0 Å². The maximum Gasteiger partial charge on any atom is 0.244 e. The highest BCUT2D eigenvalue weighted by molar-refractivity contribution is 7.92. The zero-order valence-electron chi connectivity index (χ0n) is 20.6. The molecule has 1 N–H and O–H groups in total. The van der Waals surface area contributed by atoms with Crippen LogP contribution in [0.15, 0.2) is 42.5 Å². The second-order valence-electron chi connectivity index (χ2n) is 7.93. The number of rotatable bonds is 12. The Kier molecular flexibility index (Phi) is 10.2. The van der Waals surface area contributed by atoms with E-state index < -0.39 is 28.5 Å². The molecule has 0 bridgehead atoms. The number of carbonyl (C=O) groups excluding carboxylic acids is 2. The van der Waals surface area contributed by atoms with E-state index in [9.17, 15) is 18.0 Å². The van der Waals surface area contributed by atoms with E-state index in [0.29, 0.717) is 12.3 Å². The van der Waals surface area contributed by atoms with E-state index in [-0.39, 0.29) is 28.9 Å². The minimum Gasteiger partial charge on any atom is -0.497 e. The van der Waals surface area contributed by atoms with E-state index in [4.69, 9.17) is 21.1 Å². The van der Waals surface area contributed by atoms with E-state index in [1.54, 1.807) is 37.3 Å². The summed E-state index contributed by atoms with van der Waals surface area (Å²) in [7, 11) is -0.987. The molecule has 192 valence electrons. The molecule has 0 aromatic heterocycles. The van der Waals surface area contributed by atoms with Crippen molar-refractivity contribution in [2.45, 2.75) is 32.9 Å². The predicted molar refractivity (Wildman–Crippen MR) is 137 cm³/mol. The summed E-state index contributed by atoms with van der Waals surface area (Å²) in [5, 5.41) is 3.07. The summed E-state index contributed by atoms with van der Waals surface area (Å²) < 4.78 is 36.9. The van der Waals surface area contributed by atoms with Crippen LogP contribution in [0.1, 0.15) is 25.8 Å². The Morgan fingerprint density at radius 2 is 1.83 bits per heavy atom. The van der Waals surface area contributed by atoms with Crippen molar-refractivity contribution in [2.75, 3.05) is 37.9 Å². The lowest BCUT2D eigenvalue weighted by atomic mass is 10.1. The Hall–Kier alpha value is -2.98. The van der Waals surface area contributed by atoms with Gasteiger partial charge in [-0.15, -0.1) is 0 Å². The van der Waals surface area contributed by atoms with Gasteiger partial charge in [0.25, 0.3) is 0 Å². The summed E-state index contributed by atoms with van der Waals surface area (Å²) in [6, 6.07) is 10.7. The molecule has 2 amide bonds. The van der Waals surface area contributed by atoms with Gasteiger partial charge in [-0.25, -0.2) is 8.42 Å². The molecule has 0 radical (unpaired) electrons. The minimum atomic E-state index is -3.91. The average Bonchev–Trinajstić information content (AvgIpc) is 2.83. The molecule has 2 rings (SSSR count). The van der Waals surface area contributed by atoms with Gasteiger partial charge in [0, 0.05) is 18.1 Å². The molecule has 1 unspecified atom stereocenters. The molecule has 2 aromatic carbocycles. The normalized spacial score (nSPS) is 11.9. The third kappa shape index (κ3) is 7.76. The number of anilines is 1. The van der Waals surface area contributed by atoms with Crippen LogP contribution < -0.4 is 19.1 Å². The molecule has 0 aliphatic heterocycles. The molecular weight excluding hydrogens is 494 g/mol. The number of hydrogen-bond donors (Lipinski definition) is 1. The van der Waals surface area contributed by atoms with Crippen LogP contribution >= 0.6 is 11.6 Å². The Bertz CT molecular complexity index is 1140. The molecule has 2 aromatic rings. The third-order valence-electron chi connectivity index (χ3n) is 5.29. The maximum atomic E-state index is 13.6. The summed E-state index contributed by atoms with van der Waals surface area (Å²) >= 11 is 6.11. The van der Waals surface area contributed by atoms with Crippen molar-refractivity contribution in [1.29, 1.82) is 0 Å². The lowest BCUT2D eigenvalue weighted by molar-refractivity contribution is -0.139. The topological polar surface area (TPSA) is 105 Å². The van der Waals surface area contributed by atoms with E-state index >= 15 is 0 Å². The monoisotopic (exact) mass is 525 g/mol. The summed E-state index contributed by atoms with van der Waals surface area (Å²) in [5.41, 5.74) is 0.847. The highest BCUT2D eigenvalue weighted by atomic mass is 35.5. The first-order valence-corrected chi connectivity index (χ1v) is 13.3. The molecule has 0 heterocycles. The standard InChI is InChI=1S/C24H32ClN3O6S/c1-6-12-26-24(30)17(2)27(15-18-8-7-9-20(13-18)33-3)23(29)16-28(35(5,31)32)21-14-19(25)10-11-22(21)34-4/h7-11,13-14,17H,6,12,15-16H2,1-5H3,(H,26,30). The fraction of sp³-hybridized carbons (Fsp3) is 0.417. The number of carbonyl (C=O) groups is 2. The minimum absolute atomic E-state index is 0.0705. The number of nitrogens with zero attached hydrogens (tertiary/aromatic N) is 2. The molecule has 0 saturated carbocycles. The number of amides is 2. The number of benzene rings is 2. The Morgan fingerprint density at radius 3 is 2.43 bits per heavy atom. The molecule has 9 nitrogen and oxygen atoms in total. The van der Waals surface area contributed by atoms with Gasteiger partial charge in [0.05, 0.1) is 26.2 Å². The number of ether oxygens (including phenoxy) is 2. The van der Waals surface area contributed by atoms with Crippen LogP contribution in [-0.2, 0) is 26.2 Å². The smallest absolute Gasteiger partial charge is 0.244 e. The number of hydrogen-bond acceptors (Lipinski definition) is 6. The average molecular weight is 526 g/mol. The van der Waals surface area contributed by atoms with Gasteiger partial charge in [-0.3, -0.25) is 13.9 Å². The summed E-state index contributed by atoms with van der Waals surface area (Å²) in [5.74, 6) is -0.0751.